The molecular formula is C19H36O3. The fourth-order valence-corrected chi connectivity index (χ4v) is 3.22. The Morgan fingerprint density at radius 2 is 1.86 bits per heavy atom. The first-order valence-electron chi connectivity index (χ1n) is 9.31. The first-order valence-corrected chi connectivity index (χ1v) is 9.31. The van der Waals surface area contributed by atoms with E-state index in [9.17, 15) is 10.2 Å². The third-order valence-corrected chi connectivity index (χ3v) is 4.68. The average molecular weight is 312 g/mol. The van der Waals surface area contributed by atoms with Crippen molar-refractivity contribution in [3.05, 3.63) is 12.7 Å². The second-order valence-electron chi connectivity index (χ2n) is 6.71. The van der Waals surface area contributed by atoms with Crippen molar-refractivity contribution in [3.63, 3.8) is 0 Å². The minimum atomic E-state index is -0.418. The smallest absolute Gasteiger partial charge is 0.0864 e. The van der Waals surface area contributed by atoms with Crippen molar-refractivity contribution in [1.29, 1.82) is 0 Å². The molecule has 0 spiro atoms. The summed E-state index contributed by atoms with van der Waals surface area (Å²) in [6.07, 6.45) is 13.7. The van der Waals surface area contributed by atoms with Gasteiger partial charge in [0.2, 0.25) is 0 Å². The van der Waals surface area contributed by atoms with Crippen molar-refractivity contribution >= 4 is 0 Å². The zero-order valence-electron chi connectivity index (χ0n) is 14.4. The minimum Gasteiger partial charge on any atom is -0.390 e. The molecule has 0 unspecified atom stereocenters. The number of hydrogen-bond acceptors (Lipinski definition) is 3. The second kappa shape index (κ2) is 12.1. The van der Waals surface area contributed by atoms with E-state index in [0.717, 1.165) is 32.1 Å². The second-order valence-corrected chi connectivity index (χ2v) is 6.71. The monoisotopic (exact) mass is 312 g/mol. The lowest BCUT2D eigenvalue weighted by Crippen LogP contribution is -2.26. The number of ether oxygens (including phenoxy) is 1. The molecule has 3 heteroatoms. The highest BCUT2D eigenvalue weighted by Gasteiger charge is 2.36. The van der Waals surface area contributed by atoms with E-state index < -0.39 is 12.2 Å². The maximum Gasteiger partial charge on any atom is 0.0864 e. The van der Waals surface area contributed by atoms with Gasteiger partial charge in [0, 0.05) is 6.42 Å². The Balaban J connectivity index is 2.10. The molecular weight excluding hydrogens is 276 g/mol. The maximum atomic E-state index is 10.2. The van der Waals surface area contributed by atoms with Crippen LogP contribution in [0.1, 0.15) is 84.0 Å². The van der Waals surface area contributed by atoms with Crippen LogP contribution >= 0.6 is 0 Å². The highest BCUT2D eigenvalue weighted by Crippen LogP contribution is 2.28. The molecule has 0 aromatic rings. The molecule has 1 aliphatic heterocycles. The van der Waals surface area contributed by atoms with Gasteiger partial charge >= 0.3 is 0 Å². The van der Waals surface area contributed by atoms with Crippen LogP contribution in [0.15, 0.2) is 12.7 Å². The Morgan fingerprint density at radius 3 is 2.59 bits per heavy atom. The van der Waals surface area contributed by atoms with Gasteiger partial charge < -0.3 is 14.9 Å². The summed E-state index contributed by atoms with van der Waals surface area (Å²) in [7, 11) is 0. The Bertz CT molecular complexity index is 280. The summed E-state index contributed by atoms with van der Waals surface area (Å²) in [4.78, 5) is 0. The van der Waals surface area contributed by atoms with Crippen LogP contribution in [0.25, 0.3) is 0 Å². The van der Waals surface area contributed by atoms with Crippen LogP contribution < -0.4 is 0 Å². The lowest BCUT2D eigenvalue weighted by molar-refractivity contribution is -0.0498. The van der Waals surface area contributed by atoms with E-state index >= 15 is 0 Å². The Labute approximate surface area is 136 Å². The van der Waals surface area contributed by atoms with E-state index in [1.165, 1.54) is 38.5 Å². The number of aliphatic hydroxyl groups excluding tert-OH is 2. The molecule has 1 fully saturated rings. The summed E-state index contributed by atoms with van der Waals surface area (Å²) in [5, 5.41) is 20.3. The highest BCUT2D eigenvalue weighted by atomic mass is 16.5. The van der Waals surface area contributed by atoms with Crippen molar-refractivity contribution in [2.24, 2.45) is 0 Å². The van der Waals surface area contributed by atoms with Crippen LogP contribution in [-0.2, 0) is 4.74 Å². The van der Waals surface area contributed by atoms with Crippen LogP contribution in [0.3, 0.4) is 0 Å². The third kappa shape index (κ3) is 7.75. The Hall–Kier alpha value is -0.380. The number of aliphatic hydroxyl groups is 2. The number of unbranched alkanes of at least 4 members (excludes halogenated alkanes) is 7. The molecule has 0 aromatic carbocycles. The molecule has 0 amide bonds. The van der Waals surface area contributed by atoms with Gasteiger partial charge in [0.15, 0.2) is 0 Å². The summed E-state index contributed by atoms with van der Waals surface area (Å²) in [5.41, 5.74) is 0. The molecule has 0 aliphatic carbocycles. The van der Waals surface area contributed by atoms with Gasteiger partial charge in [-0.15, -0.1) is 6.58 Å². The van der Waals surface area contributed by atoms with Crippen molar-refractivity contribution in [3.8, 4) is 0 Å². The van der Waals surface area contributed by atoms with Crippen LogP contribution in [0.5, 0.6) is 0 Å². The fourth-order valence-electron chi connectivity index (χ4n) is 3.22. The fraction of sp³-hybridized carbons (Fsp3) is 0.895. The molecule has 3 nitrogen and oxygen atoms in total. The van der Waals surface area contributed by atoms with Crippen molar-refractivity contribution in [2.45, 2.75) is 108 Å². The molecule has 1 aliphatic rings. The van der Waals surface area contributed by atoms with Gasteiger partial charge in [-0.25, -0.2) is 0 Å². The molecule has 1 rings (SSSR count). The van der Waals surface area contributed by atoms with Gasteiger partial charge in [0.25, 0.3) is 0 Å². The van der Waals surface area contributed by atoms with E-state index in [-0.39, 0.29) is 12.2 Å². The largest absolute Gasteiger partial charge is 0.390 e. The molecule has 0 radical (unpaired) electrons. The van der Waals surface area contributed by atoms with Crippen molar-refractivity contribution in [2.75, 3.05) is 0 Å². The maximum absolute atomic E-state index is 10.2. The van der Waals surface area contributed by atoms with E-state index in [1.807, 2.05) is 6.08 Å². The van der Waals surface area contributed by atoms with E-state index in [1.54, 1.807) is 0 Å². The van der Waals surface area contributed by atoms with Gasteiger partial charge in [0.1, 0.15) is 0 Å². The van der Waals surface area contributed by atoms with Crippen molar-refractivity contribution < 1.29 is 14.9 Å². The first-order chi connectivity index (χ1) is 10.7. The van der Waals surface area contributed by atoms with E-state index in [2.05, 4.69) is 13.5 Å². The predicted octanol–water partition coefficient (Wildman–Crippen LogP) is 4.36. The number of hydrogen-bond donors (Lipinski definition) is 2. The third-order valence-electron chi connectivity index (χ3n) is 4.68. The molecule has 4 atom stereocenters. The van der Waals surface area contributed by atoms with Crippen molar-refractivity contribution in [1.82, 2.24) is 0 Å². The van der Waals surface area contributed by atoms with Gasteiger partial charge in [0.05, 0.1) is 24.4 Å². The summed E-state index contributed by atoms with van der Waals surface area (Å²) >= 11 is 0. The minimum absolute atomic E-state index is 0.0647. The zero-order valence-corrected chi connectivity index (χ0v) is 14.4. The number of allylic oxidation sites excluding steroid dienone is 1. The lowest BCUT2D eigenvalue weighted by atomic mass is 10.0. The molecule has 0 aromatic heterocycles. The molecule has 2 N–H and O–H groups in total. The van der Waals surface area contributed by atoms with Gasteiger partial charge in [-0.2, -0.15) is 0 Å². The summed E-state index contributed by atoms with van der Waals surface area (Å²) in [6.45, 7) is 5.91. The van der Waals surface area contributed by atoms with Gasteiger partial charge in [-0.1, -0.05) is 57.9 Å². The number of rotatable bonds is 13. The first kappa shape index (κ1) is 19.7. The summed E-state index contributed by atoms with van der Waals surface area (Å²) < 4.78 is 5.88. The molecule has 1 heterocycles. The average Bonchev–Trinajstić information content (AvgIpc) is 2.88. The Morgan fingerprint density at radius 1 is 1.14 bits per heavy atom. The molecule has 130 valence electrons. The SMILES string of the molecule is C=CCCCCCCC[C@@H](O)[C@H]1C[C@@H](O)[C@@H](CCCCC)O1. The molecule has 1 saturated heterocycles. The quantitative estimate of drug-likeness (QED) is 0.392. The van der Waals surface area contributed by atoms with Crippen LogP contribution in [0, 0.1) is 0 Å². The van der Waals surface area contributed by atoms with Crippen LogP contribution in [0.2, 0.25) is 0 Å². The molecule has 22 heavy (non-hydrogen) atoms. The van der Waals surface area contributed by atoms with Crippen LogP contribution in [-0.4, -0.2) is 34.6 Å². The Kier molecular flexibility index (Phi) is 10.8. The molecule has 0 bridgehead atoms. The van der Waals surface area contributed by atoms with Gasteiger partial charge in [-0.05, 0) is 25.7 Å². The van der Waals surface area contributed by atoms with E-state index in [4.69, 9.17) is 4.74 Å². The van der Waals surface area contributed by atoms with Crippen LogP contribution in [0.4, 0.5) is 0 Å². The van der Waals surface area contributed by atoms with E-state index in [0.29, 0.717) is 6.42 Å². The standard InChI is InChI=1S/C19H36O3/c1-3-5-7-8-9-10-12-13-16(20)19-15-17(21)18(22-19)14-11-6-4-2/h3,16-21H,1,4-15H2,2H3/t16-,17-,18-,19-/m1/s1. The zero-order chi connectivity index (χ0) is 16.2. The lowest BCUT2D eigenvalue weighted by Gasteiger charge is -2.19. The predicted molar refractivity (Wildman–Crippen MR) is 91.9 cm³/mol. The van der Waals surface area contributed by atoms with Gasteiger partial charge in [-0.3, -0.25) is 0 Å². The summed E-state index contributed by atoms with van der Waals surface area (Å²) in [5.74, 6) is 0. The highest BCUT2D eigenvalue weighted by molar-refractivity contribution is 4.85. The summed E-state index contributed by atoms with van der Waals surface area (Å²) in [6, 6.07) is 0. The normalized spacial score (nSPS) is 26.2. The topological polar surface area (TPSA) is 49.7 Å². The molecule has 0 saturated carbocycles.